The number of hydrogen-bond acceptors (Lipinski definition) is 2. The topological polar surface area (TPSA) is 52.3 Å². The van der Waals surface area contributed by atoms with Crippen LogP contribution in [0.1, 0.15) is 26.7 Å². The van der Waals surface area contributed by atoms with Crippen molar-refractivity contribution in [1.29, 1.82) is 0 Å². The molecule has 2 atom stereocenters. The number of carbonyl (C=O) groups is 1. The molecule has 0 aliphatic heterocycles. The van der Waals surface area contributed by atoms with Gasteiger partial charge in [-0.05, 0) is 6.42 Å². The van der Waals surface area contributed by atoms with Crippen LogP contribution < -0.4 is 5.73 Å². The molecule has 0 fully saturated rings. The number of halogens is 1. The van der Waals surface area contributed by atoms with Gasteiger partial charge in [-0.2, -0.15) is 0 Å². The smallest absolute Gasteiger partial charge is 0.404 e. The van der Waals surface area contributed by atoms with E-state index in [0.29, 0.717) is 16.4 Å². The predicted molar refractivity (Wildman–Crippen MR) is 57.4 cm³/mol. The van der Waals surface area contributed by atoms with Crippen LogP contribution in [0.3, 0.4) is 0 Å². The van der Waals surface area contributed by atoms with Crippen molar-refractivity contribution in [2.24, 2.45) is 11.7 Å². The van der Waals surface area contributed by atoms with E-state index in [-0.39, 0.29) is 0 Å². The number of amides is 1. The fraction of sp³-hybridized carbons (Fsp3) is 0.875. The van der Waals surface area contributed by atoms with Crippen LogP contribution in [0.5, 0.6) is 0 Å². The van der Waals surface area contributed by atoms with Crippen LogP contribution in [0, 0.1) is 5.92 Å². The van der Waals surface area contributed by atoms with Gasteiger partial charge in [0, 0.05) is 9.84 Å². The molecule has 0 saturated carbocycles. The quantitative estimate of drug-likeness (QED) is 0.622. The van der Waals surface area contributed by atoms with E-state index in [9.17, 15) is 4.79 Å². The Morgan fingerprint density at radius 1 is 1.67 bits per heavy atom. The first-order valence-electron chi connectivity index (χ1n) is 4.14. The van der Waals surface area contributed by atoms with Gasteiger partial charge in [0.25, 0.3) is 0 Å². The maximum Gasteiger partial charge on any atom is 0.404 e. The zero-order chi connectivity index (χ0) is 9.56. The van der Waals surface area contributed by atoms with Crippen molar-refractivity contribution in [2.45, 2.75) is 30.6 Å². The maximum absolute atomic E-state index is 10.3. The van der Waals surface area contributed by atoms with Crippen molar-refractivity contribution in [2.75, 3.05) is 6.61 Å². The Kier molecular flexibility index (Phi) is 6.51. The summed E-state index contributed by atoms with van der Waals surface area (Å²) in [4.78, 5) is 10.3. The molecule has 0 saturated heterocycles. The summed E-state index contributed by atoms with van der Waals surface area (Å²) < 4.78 is 5.27. The summed E-state index contributed by atoms with van der Waals surface area (Å²) in [7, 11) is 0. The van der Waals surface area contributed by atoms with Crippen LogP contribution in [0.2, 0.25) is 0 Å². The van der Waals surface area contributed by atoms with Gasteiger partial charge in [0.15, 0.2) is 0 Å². The van der Waals surface area contributed by atoms with Gasteiger partial charge in [0.05, 0.1) is 6.61 Å². The highest BCUT2D eigenvalue weighted by Gasteiger charge is 2.14. The molecule has 12 heavy (non-hydrogen) atoms. The summed E-state index contributed by atoms with van der Waals surface area (Å²) in [5.74, 6) is 0.433. The van der Waals surface area contributed by atoms with Gasteiger partial charge in [-0.3, -0.25) is 0 Å². The molecule has 0 heterocycles. The third-order valence-corrected chi connectivity index (χ3v) is 2.77. The zero-order valence-corrected chi connectivity index (χ0v) is 9.71. The molecule has 0 bridgehead atoms. The van der Waals surface area contributed by atoms with E-state index in [2.05, 4.69) is 36.4 Å². The van der Waals surface area contributed by atoms with Crippen molar-refractivity contribution >= 4 is 28.7 Å². The second kappa shape index (κ2) is 6.51. The Balaban J connectivity index is 3.70. The van der Waals surface area contributed by atoms with Crippen LogP contribution in [0.4, 0.5) is 4.79 Å². The summed E-state index contributed by atoms with van der Waals surface area (Å²) in [5.41, 5.74) is 4.87. The molecule has 72 valence electrons. The molecule has 0 aromatic heterocycles. The van der Waals surface area contributed by atoms with Gasteiger partial charge in [0.1, 0.15) is 0 Å². The van der Waals surface area contributed by atoms with Crippen molar-refractivity contribution < 1.29 is 9.53 Å². The Labute approximate surface area is 87.2 Å². The lowest BCUT2D eigenvalue weighted by Gasteiger charge is -2.17. The summed E-state index contributed by atoms with van der Waals surface area (Å²) in [5, 5.41) is 0. The van der Waals surface area contributed by atoms with E-state index < -0.39 is 6.09 Å². The first kappa shape index (κ1) is 12.0. The Morgan fingerprint density at radius 2 is 2.25 bits per heavy atom. The number of alkyl halides is 1. The second-order valence-corrected chi connectivity index (χ2v) is 4.82. The Morgan fingerprint density at radius 3 is 2.58 bits per heavy atom. The molecule has 0 aliphatic carbocycles. The molecule has 0 aromatic rings. The molecule has 4 heteroatoms. The number of primary amides is 1. The van der Waals surface area contributed by atoms with Crippen molar-refractivity contribution in [3.05, 3.63) is 0 Å². The van der Waals surface area contributed by atoms with E-state index in [4.69, 9.17) is 10.5 Å². The molecule has 1 amide bonds. The van der Waals surface area contributed by atoms with Gasteiger partial charge < -0.3 is 10.5 Å². The van der Waals surface area contributed by atoms with Crippen molar-refractivity contribution in [3.8, 4) is 0 Å². The molecule has 2 N–H and O–H groups in total. The summed E-state index contributed by atoms with van der Waals surface area (Å²) in [6.07, 6.45) is 1.52. The van der Waals surface area contributed by atoms with Crippen LogP contribution in [-0.2, 0) is 4.74 Å². The molecular formula is C8H16INO2. The zero-order valence-electron chi connectivity index (χ0n) is 7.55. The lowest BCUT2D eigenvalue weighted by Crippen LogP contribution is -2.23. The van der Waals surface area contributed by atoms with Gasteiger partial charge in [-0.1, -0.05) is 42.9 Å². The lowest BCUT2D eigenvalue weighted by molar-refractivity contribution is 0.134. The normalized spacial score (nSPS) is 15.2. The molecular weight excluding hydrogens is 269 g/mol. The predicted octanol–water partition coefficient (Wildman–Crippen LogP) is 2.32. The third kappa shape index (κ3) is 5.62. The highest BCUT2D eigenvalue weighted by molar-refractivity contribution is 14.1. The van der Waals surface area contributed by atoms with Gasteiger partial charge >= 0.3 is 6.09 Å². The van der Waals surface area contributed by atoms with E-state index in [0.717, 1.165) is 12.8 Å². The number of hydrogen-bond donors (Lipinski definition) is 1. The van der Waals surface area contributed by atoms with Crippen LogP contribution in [-0.4, -0.2) is 16.6 Å². The SMILES string of the molecule is CCCC(COC(N)=O)C(C)I. The van der Waals surface area contributed by atoms with Crippen molar-refractivity contribution in [3.63, 3.8) is 0 Å². The average molecular weight is 285 g/mol. The van der Waals surface area contributed by atoms with E-state index in [1.54, 1.807) is 0 Å². The van der Waals surface area contributed by atoms with Crippen LogP contribution in [0.25, 0.3) is 0 Å². The summed E-state index contributed by atoms with van der Waals surface area (Å²) >= 11 is 2.34. The number of nitrogens with two attached hydrogens (primary N) is 1. The van der Waals surface area contributed by atoms with E-state index >= 15 is 0 Å². The molecule has 0 aromatic carbocycles. The van der Waals surface area contributed by atoms with Crippen LogP contribution >= 0.6 is 22.6 Å². The molecule has 0 spiro atoms. The minimum absolute atomic E-state index is 0.433. The second-order valence-electron chi connectivity index (χ2n) is 2.86. The standard InChI is InChI=1S/C8H16INO2/c1-3-4-7(6(2)9)5-12-8(10)11/h6-7H,3-5H2,1-2H3,(H2,10,11). The van der Waals surface area contributed by atoms with E-state index in [1.807, 2.05) is 0 Å². The minimum Gasteiger partial charge on any atom is -0.449 e. The largest absolute Gasteiger partial charge is 0.449 e. The maximum atomic E-state index is 10.3. The molecule has 0 rings (SSSR count). The highest BCUT2D eigenvalue weighted by Crippen LogP contribution is 2.18. The Bertz CT molecular complexity index is 139. The highest BCUT2D eigenvalue weighted by atomic mass is 127. The first-order chi connectivity index (χ1) is 5.57. The molecule has 2 unspecified atom stereocenters. The van der Waals surface area contributed by atoms with E-state index in [1.165, 1.54) is 0 Å². The van der Waals surface area contributed by atoms with Gasteiger partial charge in [-0.15, -0.1) is 0 Å². The third-order valence-electron chi connectivity index (χ3n) is 1.75. The Hall–Kier alpha value is 0. The average Bonchev–Trinajstić information content (AvgIpc) is 1.96. The number of ether oxygens (including phenoxy) is 1. The van der Waals surface area contributed by atoms with Gasteiger partial charge in [-0.25, -0.2) is 4.79 Å². The summed E-state index contributed by atoms with van der Waals surface area (Å²) in [6.45, 7) is 4.69. The minimum atomic E-state index is -0.673. The fourth-order valence-corrected chi connectivity index (χ4v) is 1.57. The van der Waals surface area contributed by atoms with Crippen LogP contribution in [0.15, 0.2) is 0 Å². The molecule has 0 aliphatic rings. The monoisotopic (exact) mass is 285 g/mol. The number of rotatable bonds is 5. The molecule has 0 radical (unpaired) electrons. The molecule has 3 nitrogen and oxygen atoms in total. The fourth-order valence-electron chi connectivity index (χ4n) is 1.01. The number of carbonyl (C=O) groups excluding carboxylic acids is 1. The van der Waals surface area contributed by atoms with Crippen molar-refractivity contribution in [1.82, 2.24) is 0 Å². The summed E-state index contributed by atoms with van der Waals surface area (Å²) in [6, 6.07) is 0. The first-order valence-corrected chi connectivity index (χ1v) is 5.38. The van der Waals surface area contributed by atoms with Gasteiger partial charge in [0.2, 0.25) is 0 Å². The lowest BCUT2D eigenvalue weighted by atomic mass is 10.0.